The zero-order chi connectivity index (χ0) is 14.4. The maximum absolute atomic E-state index is 13.4. The van der Waals surface area contributed by atoms with Crippen molar-refractivity contribution in [2.75, 3.05) is 12.3 Å². The van der Waals surface area contributed by atoms with Crippen molar-refractivity contribution in [2.24, 2.45) is 0 Å². The van der Waals surface area contributed by atoms with Crippen molar-refractivity contribution in [3.8, 4) is 0 Å². The van der Waals surface area contributed by atoms with Crippen LogP contribution in [-0.4, -0.2) is 12.3 Å². The molecule has 0 spiro atoms. The van der Waals surface area contributed by atoms with E-state index in [1.807, 2.05) is 31.2 Å². The Morgan fingerprint density at radius 2 is 1.95 bits per heavy atom. The molecular weight excluding hydrogens is 293 g/mol. The summed E-state index contributed by atoms with van der Waals surface area (Å²) in [6, 6.07) is 15.3. The van der Waals surface area contributed by atoms with Crippen molar-refractivity contribution in [2.45, 2.75) is 17.9 Å². The van der Waals surface area contributed by atoms with E-state index in [1.165, 1.54) is 11.0 Å². The van der Waals surface area contributed by atoms with Gasteiger partial charge in [-0.3, -0.25) is 0 Å². The van der Waals surface area contributed by atoms with Crippen molar-refractivity contribution in [3.63, 3.8) is 0 Å². The fraction of sp³-hybridized carbons (Fsp3) is 0.250. The Labute approximate surface area is 128 Å². The first-order valence-corrected chi connectivity index (χ1v) is 7.89. The molecule has 20 heavy (non-hydrogen) atoms. The zero-order valence-electron chi connectivity index (χ0n) is 11.3. The van der Waals surface area contributed by atoms with E-state index >= 15 is 0 Å². The fourth-order valence-electron chi connectivity index (χ4n) is 1.86. The van der Waals surface area contributed by atoms with Crippen LogP contribution in [0.4, 0.5) is 4.39 Å². The van der Waals surface area contributed by atoms with Crippen LogP contribution >= 0.6 is 23.4 Å². The predicted molar refractivity (Wildman–Crippen MR) is 85.0 cm³/mol. The molecule has 2 aromatic rings. The number of hydrogen-bond donors (Lipinski definition) is 1. The van der Waals surface area contributed by atoms with Gasteiger partial charge in [0, 0.05) is 23.2 Å². The quantitative estimate of drug-likeness (QED) is 0.600. The van der Waals surface area contributed by atoms with Crippen molar-refractivity contribution < 1.29 is 4.39 Å². The van der Waals surface area contributed by atoms with Gasteiger partial charge in [0.2, 0.25) is 0 Å². The van der Waals surface area contributed by atoms with Gasteiger partial charge in [-0.05, 0) is 36.8 Å². The summed E-state index contributed by atoms with van der Waals surface area (Å²) in [5, 5.41) is 3.55. The lowest BCUT2D eigenvalue weighted by atomic mass is 10.1. The van der Waals surface area contributed by atoms with Crippen molar-refractivity contribution in [1.29, 1.82) is 0 Å². The molecule has 2 aromatic carbocycles. The summed E-state index contributed by atoms with van der Waals surface area (Å²) in [5.74, 6) is 0.612. The number of hydrogen-bond acceptors (Lipinski definition) is 2. The first-order valence-electron chi connectivity index (χ1n) is 6.53. The molecule has 0 bridgehead atoms. The second-order valence-corrected chi connectivity index (χ2v) is 6.09. The molecule has 1 nitrogen and oxygen atoms in total. The molecule has 1 N–H and O–H groups in total. The maximum Gasteiger partial charge on any atom is 0.142 e. The summed E-state index contributed by atoms with van der Waals surface area (Å²) in [6.07, 6.45) is 0. The van der Waals surface area contributed by atoms with Crippen LogP contribution in [0, 0.1) is 5.82 Å². The lowest BCUT2D eigenvalue weighted by Crippen LogP contribution is -2.21. The summed E-state index contributed by atoms with van der Waals surface area (Å²) in [7, 11) is 0. The van der Waals surface area contributed by atoms with Crippen LogP contribution in [0.2, 0.25) is 5.02 Å². The van der Waals surface area contributed by atoms with Crippen LogP contribution in [0.1, 0.15) is 18.5 Å². The Hall–Kier alpha value is -1.03. The number of rotatable bonds is 6. The normalized spacial score (nSPS) is 12.3. The molecular formula is C16H17ClFNS. The Kier molecular flexibility index (Phi) is 5.89. The van der Waals surface area contributed by atoms with E-state index in [2.05, 4.69) is 17.4 Å². The molecule has 0 aliphatic rings. The second-order valence-electron chi connectivity index (χ2n) is 4.51. The van der Waals surface area contributed by atoms with Gasteiger partial charge in [0.25, 0.3) is 0 Å². The molecule has 106 valence electrons. The Bertz CT molecular complexity index is 547. The highest BCUT2D eigenvalue weighted by Crippen LogP contribution is 2.20. The van der Waals surface area contributed by atoms with Gasteiger partial charge in [-0.1, -0.05) is 35.9 Å². The first kappa shape index (κ1) is 15.4. The highest BCUT2D eigenvalue weighted by Gasteiger charge is 2.07. The summed E-state index contributed by atoms with van der Waals surface area (Å²) >= 11 is 7.49. The summed E-state index contributed by atoms with van der Waals surface area (Å²) < 4.78 is 13.4. The van der Waals surface area contributed by atoms with E-state index in [-0.39, 0.29) is 16.9 Å². The van der Waals surface area contributed by atoms with Gasteiger partial charge in [-0.25, -0.2) is 4.39 Å². The van der Waals surface area contributed by atoms with Crippen molar-refractivity contribution in [1.82, 2.24) is 5.32 Å². The smallest absolute Gasteiger partial charge is 0.142 e. The van der Waals surface area contributed by atoms with E-state index in [0.717, 1.165) is 17.9 Å². The van der Waals surface area contributed by atoms with Crippen LogP contribution in [-0.2, 0) is 0 Å². The topological polar surface area (TPSA) is 12.0 Å². The average molecular weight is 310 g/mol. The van der Waals surface area contributed by atoms with Crippen LogP contribution in [0.3, 0.4) is 0 Å². The van der Waals surface area contributed by atoms with Gasteiger partial charge in [0.1, 0.15) is 5.82 Å². The molecule has 1 unspecified atom stereocenters. The van der Waals surface area contributed by atoms with E-state index in [1.54, 1.807) is 17.8 Å². The molecule has 0 saturated carbocycles. The first-order chi connectivity index (χ1) is 9.66. The van der Waals surface area contributed by atoms with E-state index < -0.39 is 0 Å². The lowest BCUT2D eigenvalue weighted by molar-refractivity contribution is 0.585. The third-order valence-electron chi connectivity index (χ3n) is 3.01. The average Bonchev–Trinajstić information content (AvgIpc) is 2.47. The molecule has 0 amide bonds. The minimum atomic E-state index is -0.364. The number of thioether (sulfide) groups is 1. The summed E-state index contributed by atoms with van der Waals surface area (Å²) in [5.41, 5.74) is 0.914. The standard InChI is InChI=1S/C16H17ClFNS/c1-12(13-7-8-15(17)16(18)11-13)19-9-10-20-14-5-3-2-4-6-14/h2-8,11-12,19H,9-10H2,1H3. The largest absolute Gasteiger partial charge is 0.309 e. The Morgan fingerprint density at radius 3 is 2.65 bits per heavy atom. The van der Waals surface area contributed by atoms with Crippen molar-refractivity contribution in [3.05, 3.63) is 64.9 Å². The fourth-order valence-corrected chi connectivity index (χ4v) is 2.78. The summed E-state index contributed by atoms with van der Waals surface area (Å²) in [6.45, 7) is 2.89. The third kappa shape index (κ3) is 4.51. The molecule has 0 saturated heterocycles. The highest BCUT2D eigenvalue weighted by molar-refractivity contribution is 7.99. The molecule has 0 aromatic heterocycles. The Morgan fingerprint density at radius 1 is 1.20 bits per heavy atom. The molecule has 0 aliphatic heterocycles. The minimum absolute atomic E-state index is 0.109. The van der Waals surface area contributed by atoms with Crippen LogP contribution < -0.4 is 5.32 Å². The molecule has 2 rings (SSSR count). The Balaban J connectivity index is 1.77. The van der Waals surface area contributed by atoms with Crippen LogP contribution in [0.25, 0.3) is 0 Å². The highest BCUT2D eigenvalue weighted by atomic mass is 35.5. The molecule has 0 fully saturated rings. The zero-order valence-corrected chi connectivity index (χ0v) is 12.8. The van der Waals surface area contributed by atoms with Crippen molar-refractivity contribution >= 4 is 23.4 Å². The van der Waals surface area contributed by atoms with E-state index in [9.17, 15) is 4.39 Å². The van der Waals surface area contributed by atoms with Crippen LogP contribution in [0.15, 0.2) is 53.4 Å². The number of halogens is 2. The second kappa shape index (κ2) is 7.67. The summed E-state index contributed by atoms with van der Waals surface area (Å²) in [4.78, 5) is 1.26. The molecule has 1 atom stereocenters. The molecule has 0 radical (unpaired) electrons. The minimum Gasteiger partial charge on any atom is -0.309 e. The van der Waals surface area contributed by atoms with Gasteiger partial charge >= 0.3 is 0 Å². The molecule has 4 heteroatoms. The number of benzene rings is 2. The van der Waals surface area contributed by atoms with E-state index in [4.69, 9.17) is 11.6 Å². The molecule has 0 aliphatic carbocycles. The number of nitrogens with one attached hydrogen (secondary N) is 1. The van der Waals surface area contributed by atoms with E-state index in [0.29, 0.717) is 0 Å². The maximum atomic E-state index is 13.4. The third-order valence-corrected chi connectivity index (χ3v) is 4.33. The van der Waals surface area contributed by atoms with Gasteiger partial charge in [-0.15, -0.1) is 11.8 Å². The molecule has 0 heterocycles. The lowest BCUT2D eigenvalue weighted by Gasteiger charge is -2.14. The van der Waals surface area contributed by atoms with Gasteiger partial charge in [0.05, 0.1) is 5.02 Å². The van der Waals surface area contributed by atoms with Crippen LogP contribution in [0.5, 0.6) is 0 Å². The SMILES string of the molecule is CC(NCCSc1ccccc1)c1ccc(Cl)c(F)c1. The monoisotopic (exact) mass is 309 g/mol. The van der Waals surface area contributed by atoms with Gasteiger partial charge in [-0.2, -0.15) is 0 Å². The van der Waals surface area contributed by atoms with Gasteiger partial charge in [0.15, 0.2) is 0 Å². The van der Waals surface area contributed by atoms with Gasteiger partial charge < -0.3 is 5.32 Å². The predicted octanol–water partition coefficient (Wildman–Crippen LogP) is 4.92.